The number of non-ortho nitro benzene ring substituents is 1. The summed E-state index contributed by atoms with van der Waals surface area (Å²) in [5.41, 5.74) is -0.0349. The number of sulfonamides is 1. The highest BCUT2D eigenvalue weighted by Crippen LogP contribution is 2.16. The van der Waals surface area contributed by atoms with Crippen molar-refractivity contribution in [3.63, 3.8) is 0 Å². The van der Waals surface area contributed by atoms with E-state index in [0.29, 0.717) is 5.56 Å². The lowest BCUT2D eigenvalue weighted by atomic mass is 10.2. The van der Waals surface area contributed by atoms with Crippen molar-refractivity contribution in [3.05, 3.63) is 63.4 Å². The fraction of sp³-hybridized carbons (Fsp3) is 0.143. The van der Waals surface area contributed by atoms with Crippen molar-refractivity contribution in [2.24, 2.45) is 0 Å². The molecule has 0 saturated heterocycles. The number of aromatic nitrogens is 1. The SMILES string of the molecule is O=C(NCCNS(=O)(=O)c1cccc([N+](=O)[O-])c1)c1ccnc(Cl)c1. The Morgan fingerprint density at radius 2 is 2.00 bits per heavy atom. The van der Waals surface area contributed by atoms with Crippen LogP contribution in [-0.2, 0) is 10.0 Å². The Balaban J connectivity index is 1.91. The molecule has 2 N–H and O–H groups in total. The van der Waals surface area contributed by atoms with E-state index >= 15 is 0 Å². The van der Waals surface area contributed by atoms with Crippen LogP contribution >= 0.6 is 11.6 Å². The van der Waals surface area contributed by atoms with Crippen molar-refractivity contribution >= 4 is 33.2 Å². The van der Waals surface area contributed by atoms with Gasteiger partial charge in [0, 0.05) is 37.0 Å². The van der Waals surface area contributed by atoms with Gasteiger partial charge in [-0.2, -0.15) is 0 Å². The van der Waals surface area contributed by atoms with Crippen molar-refractivity contribution < 1.29 is 18.1 Å². The number of hydrogen-bond donors (Lipinski definition) is 2. The lowest BCUT2D eigenvalue weighted by Crippen LogP contribution is -2.34. The number of hydrogen-bond acceptors (Lipinski definition) is 6. The van der Waals surface area contributed by atoms with E-state index in [2.05, 4.69) is 15.0 Å². The van der Waals surface area contributed by atoms with Crippen LogP contribution in [0.3, 0.4) is 0 Å². The molecule has 1 aromatic heterocycles. The Morgan fingerprint density at radius 1 is 1.24 bits per heavy atom. The summed E-state index contributed by atoms with van der Waals surface area (Å²) in [6.45, 7) is -0.0670. The summed E-state index contributed by atoms with van der Waals surface area (Å²) >= 11 is 5.68. The van der Waals surface area contributed by atoms with Crippen LogP contribution in [0, 0.1) is 10.1 Å². The number of nitrogens with one attached hydrogen (secondary N) is 2. The van der Waals surface area contributed by atoms with Crippen molar-refractivity contribution in [1.29, 1.82) is 0 Å². The molecule has 1 heterocycles. The lowest BCUT2D eigenvalue weighted by Gasteiger charge is -2.08. The van der Waals surface area contributed by atoms with E-state index in [1.807, 2.05) is 0 Å². The molecule has 0 fully saturated rings. The molecule has 11 heteroatoms. The number of amides is 1. The molecule has 132 valence electrons. The van der Waals surface area contributed by atoms with Crippen molar-refractivity contribution in [2.75, 3.05) is 13.1 Å². The normalized spacial score (nSPS) is 11.1. The number of rotatable bonds is 7. The van der Waals surface area contributed by atoms with Crippen molar-refractivity contribution in [3.8, 4) is 0 Å². The zero-order chi connectivity index (χ0) is 18.4. The fourth-order valence-corrected chi connectivity index (χ4v) is 3.10. The minimum absolute atomic E-state index is 0.0208. The first-order valence-electron chi connectivity index (χ1n) is 6.93. The molecule has 1 aromatic carbocycles. The van der Waals surface area contributed by atoms with Gasteiger partial charge in [0.25, 0.3) is 11.6 Å². The summed E-state index contributed by atoms with van der Waals surface area (Å²) in [6, 6.07) is 7.52. The predicted molar refractivity (Wildman–Crippen MR) is 89.9 cm³/mol. The molecule has 2 rings (SSSR count). The van der Waals surface area contributed by atoms with Crippen LogP contribution in [0.15, 0.2) is 47.5 Å². The summed E-state index contributed by atoms with van der Waals surface area (Å²) in [6.07, 6.45) is 1.38. The highest BCUT2D eigenvalue weighted by atomic mass is 35.5. The van der Waals surface area contributed by atoms with Gasteiger partial charge in [0.05, 0.1) is 9.82 Å². The molecule has 9 nitrogen and oxygen atoms in total. The Hall–Kier alpha value is -2.56. The number of nitrogens with zero attached hydrogens (tertiary/aromatic N) is 2. The van der Waals surface area contributed by atoms with Gasteiger partial charge in [-0.05, 0) is 18.2 Å². The zero-order valence-corrected chi connectivity index (χ0v) is 14.2. The third-order valence-electron chi connectivity index (χ3n) is 3.03. The Bertz CT molecular complexity index is 904. The molecule has 0 spiro atoms. The molecule has 0 aliphatic rings. The van der Waals surface area contributed by atoms with Crippen LogP contribution in [0.2, 0.25) is 5.15 Å². The van der Waals surface area contributed by atoms with Gasteiger partial charge < -0.3 is 5.32 Å². The van der Waals surface area contributed by atoms with Gasteiger partial charge in [-0.3, -0.25) is 14.9 Å². The molecule has 1 amide bonds. The van der Waals surface area contributed by atoms with Crippen molar-refractivity contribution in [2.45, 2.75) is 4.90 Å². The van der Waals surface area contributed by atoms with E-state index in [1.54, 1.807) is 0 Å². The number of nitro benzene ring substituents is 1. The van der Waals surface area contributed by atoms with Crippen LogP contribution in [0.5, 0.6) is 0 Å². The number of benzene rings is 1. The quantitative estimate of drug-likeness (QED) is 0.320. The third kappa shape index (κ3) is 5.21. The summed E-state index contributed by atoms with van der Waals surface area (Å²) in [5.74, 6) is -0.432. The molecular weight excluding hydrogens is 372 g/mol. The molecule has 0 saturated carbocycles. The Kier molecular flexibility index (Phi) is 6.02. The first-order chi connectivity index (χ1) is 11.8. The van der Waals surface area contributed by atoms with E-state index < -0.39 is 20.9 Å². The maximum Gasteiger partial charge on any atom is 0.270 e. The number of nitro groups is 1. The largest absolute Gasteiger partial charge is 0.351 e. The third-order valence-corrected chi connectivity index (χ3v) is 4.70. The van der Waals surface area contributed by atoms with Gasteiger partial charge in [-0.15, -0.1) is 0 Å². The standard InChI is InChI=1S/C14H13ClN4O5S/c15-13-8-10(4-5-16-13)14(20)17-6-7-18-25(23,24)12-3-1-2-11(9-12)19(21)22/h1-5,8-9,18H,6-7H2,(H,17,20). The molecular formula is C14H13ClN4O5S. The zero-order valence-electron chi connectivity index (χ0n) is 12.7. The van der Waals surface area contributed by atoms with Gasteiger partial charge in [-0.1, -0.05) is 17.7 Å². The van der Waals surface area contributed by atoms with E-state index in [-0.39, 0.29) is 28.8 Å². The van der Waals surface area contributed by atoms with Crippen LogP contribution in [0.1, 0.15) is 10.4 Å². The first-order valence-corrected chi connectivity index (χ1v) is 8.79. The van der Waals surface area contributed by atoms with Gasteiger partial charge in [-0.25, -0.2) is 18.1 Å². The Morgan fingerprint density at radius 3 is 2.68 bits per heavy atom. The number of pyridine rings is 1. The monoisotopic (exact) mass is 384 g/mol. The number of carbonyl (C=O) groups is 1. The molecule has 0 aliphatic heterocycles. The molecule has 0 atom stereocenters. The maximum atomic E-state index is 12.1. The van der Waals surface area contributed by atoms with E-state index in [1.165, 1.54) is 36.5 Å². The summed E-state index contributed by atoms with van der Waals surface area (Å²) in [7, 11) is -3.92. The topological polar surface area (TPSA) is 131 Å². The van der Waals surface area contributed by atoms with Gasteiger partial charge >= 0.3 is 0 Å². The van der Waals surface area contributed by atoms with Gasteiger partial charge in [0.15, 0.2) is 0 Å². The van der Waals surface area contributed by atoms with E-state index in [9.17, 15) is 23.3 Å². The van der Waals surface area contributed by atoms with E-state index in [0.717, 1.165) is 6.07 Å². The number of carbonyl (C=O) groups excluding carboxylic acids is 1. The second-order valence-corrected chi connectivity index (χ2v) is 6.93. The van der Waals surface area contributed by atoms with Gasteiger partial charge in [0.1, 0.15) is 5.15 Å². The Labute approximate surface area is 148 Å². The minimum Gasteiger partial charge on any atom is -0.351 e. The van der Waals surface area contributed by atoms with Crippen LogP contribution in [0.4, 0.5) is 5.69 Å². The first kappa shape index (κ1) is 18.8. The summed E-state index contributed by atoms with van der Waals surface area (Å²) in [5, 5.41) is 13.4. The van der Waals surface area contributed by atoms with Crippen LogP contribution in [0.25, 0.3) is 0 Å². The second-order valence-electron chi connectivity index (χ2n) is 4.78. The smallest absolute Gasteiger partial charge is 0.270 e. The van der Waals surface area contributed by atoms with Crippen molar-refractivity contribution in [1.82, 2.24) is 15.0 Å². The summed E-state index contributed by atoms with van der Waals surface area (Å²) < 4.78 is 26.4. The maximum absolute atomic E-state index is 12.1. The average Bonchev–Trinajstić information content (AvgIpc) is 2.58. The van der Waals surface area contributed by atoms with E-state index in [4.69, 9.17) is 11.6 Å². The molecule has 0 aliphatic carbocycles. The molecule has 0 radical (unpaired) electrons. The predicted octanol–water partition coefficient (Wildman–Crippen LogP) is 1.35. The highest BCUT2D eigenvalue weighted by Gasteiger charge is 2.17. The lowest BCUT2D eigenvalue weighted by molar-refractivity contribution is -0.385. The molecule has 0 bridgehead atoms. The second kappa shape index (κ2) is 8.01. The highest BCUT2D eigenvalue weighted by molar-refractivity contribution is 7.89. The minimum atomic E-state index is -3.92. The molecule has 25 heavy (non-hydrogen) atoms. The fourth-order valence-electron chi connectivity index (χ4n) is 1.85. The average molecular weight is 385 g/mol. The number of halogens is 1. The summed E-state index contributed by atoms with van der Waals surface area (Å²) in [4.78, 5) is 25.4. The molecule has 0 unspecified atom stereocenters. The van der Waals surface area contributed by atoms with Gasteiger partial charge in [0.2, 0.25) is 10.0 Å². The molecule has 2 aromatic rings. The van der Waals surface area contributed by atoms with Crippen LogP contribution < -0.4 is 10.0 Å². The van der Waals surface area contributed by atoms with Crippen LogP contribution in [-0.4, -0.2) is 37.3 Å².